The van der Waals surface area contributed by atoms with Crippen molar-refractivity contribution in [1.29, 1.82) is 0 Å². The second-order valence-corrected chi connectivity index (χ2v) is 5.81. The lowest BCUT2D eigenvalue weighted by Gasteiger charge is -2.13. The number of anilines is 1. The zero-order chi connectivity index (χ0) is 17.1. The summed E-state index contributed by atoms with van der Waals surface area (Å²) in [4.78, 5) is 12.1. The number of aromatic amines is 1. The molecule has 0 fully saturated rings. The lowest BCUT2D eigenvalue weighted by Crippen LogP contribution is -2.12. The van der Waals surface area contributed by atoms with E-state index >= 15 is 0 Å². The molecule has 1 atom stereocenters. The summed E-state index contributed by atoms with van der Waals surface area (Å²) in [6.45, 7) is 0.399. The van der Waals surface area contributed by atoms with E-state index in [-0.39, 0.29) is 0 Å². The van der Waals surface area contributed by atoms with E-state index in [1.54, 1.807) is 6.20 Å². The third-order valence-electron chi connectivity index (χ3n) is 4.15. The number of nitrogens with one attached hydrogen (secondary N) is 2. The summed E-state index contributed by atoms with van der Waals surface area (Å²) >= 11 is 0. The first-order valence-electron chi connectivity index (χ1n) is 8.18. The topological polar surface area (TPSA) is 73.8 Å². The molecule has 0 aliphatic carbocycles. The van der Waals surface area contributed by atoms with Crippen LogP contribution in [0.2, 0.25) is 0 Å². The Morgan fingerprint density at radius 2 is 1.88 bits per heavy atom. The molecular weight excluding hydrogens is 312 g/mol. The van der Waals surface area contributed by atoms with E-state index in [2.05, 4.69) is 20.3 Å². The fourth-order valence-corrected chi connectivity index (χ4v) is 2.86. The van der Waals surface area contributed by atoms with Crippen LogP contribution in [0, 0.1) is 0 Å². The van der Waals surface area contributed by atoms with Crippen molar-refractivity contribution in [3.8, 4) is 11.3 Å². The minimum atomic E-state index is -0.580. The zero-order valence-corrected chi connectivity index (χ0v) is 13.6. The van der Waals surface area contributed by atoms with Crippen molar-refractivity contribution in [3.05, 3.63) is 78.6 Å². The highest BCUT2D eigenvalue weighted by molar-refractivity contribution is 5.91. The number of nitrogens with zero attached hydrogens (tertiary/aromatic N) is 2. The number of benzene rings is 1. The Labute approximate surface area is 145 Å². The van der Waals surface area contributed by atoms with Gasteiger partial charge in [-0.3, -0.25) is 0 Å². The molecule has 0 aliphatic heterocycles. The van der Waals surface area contributed by atoms with Crippen molar-refractivity contribution in [3.63, 3.8) is 0 Å². The van der Waals surface area contributed by atoms with Crippen molar-refractivity contribution >= 4 is 16.9 Å². The van der Waals surface area contributed by atoms with Gasteiger partial charge in [0.2, 0.25) is 0 Å². The zero-order valence-electron chi connectivity index (χ0n) is 13.6. The Hall–Kier alpha value is -3.18. The molecule has 0 bridgehead atoms. The lowest BCUT2D eigenvalue weighted by molar-refractivity contribution is 0.191. The first-order chi connectivity index (χ1) is 12.3. The van der Waals surface area contributed by atoms with Crippen LogP contribution in [0.1, 0.15) is 11.7 Å². The quantitative estimate of drug-likeness (QED) is 0.521. The summed E-state index contributed by atoms with van der Waals surface area (Å²) in [5, 5.41) is 14.5. The summed E-state index contributed by atoms with van der Waals surface area (Å²) in [5.41, 5.74) is 3.62. The number of H-pyrrole nitrogens is 1. The monoisotopic (exact) mass is 330 g/mol. The second-order valence-electron chi connectivity index (χ2n) is 5.81. The van der Waals surface area contributed by atoms with Gasteiger partial charge in [0.25, 0.3) is 0 Å². The number of aliphatic hydroxyl groups excluding tert-OH is 1. The molecule has 3 aromatic heterocycles. The van der Waals surface area contributed by atoms with Gasteiger partial charge in [-0.25, -0.2) is 9.97 Å². The maximum Gasteiger partial charge on any atom is 0.137 e. The Balaban J connectivity index is 1.55. The number of aromatic nitrogens is 3. The van der Waals surface area contributed by atoms with Crippen LogP contribution in [0.15, 0.2) is 73.1 Å². The molecule has 0 amide bonds. The number of fused-ring (bicyclic) bond motifs is 1. The Bertz CT molecular complexity index is 981. The number of hydrogen-bond donors (Lipinski definition) is 3. The van der Waals surface area contributed by atoms with Crippen LogP contribution >= 0.6 is 0 Å². The van der Waals surface area contributed by atoms with Crippen LogP contribution in [-0.4, -0.2) is 26.6 Å². The number of hydrogen-bond acceptors (Lipinski definition) is 4. The lowest BCUT2D eigenvalue weighted by atomic mass is 10.1. The molecule has 1 unspecified atom stereocenters. The molecule has 0 aliphatic rings. The van der Waals surface area contributed by atoms with Gasteiger partial charge < -0.3 is 15.4 Å². The predicted octanol–water partition coefficient (Wildman–Crippen LogP) is 3.77. The molecule has 5 heteroatoms. The SMILES string of the molecule is OC(CNc1cccc(-c2ccnc3[nH]ccc23)n1)c1ccccc1. The van der Waals surface area contributed by atoms with Crippen molar-refractivity contribution in [2.45, 2.75) is 6.10 Å². The number of rotatable bonds is 5. The predicted molar refractivity (Wildman–Crippen MR) is 99.2 cm³/mol. The fourth-order valence-electron chi connectivity index (χ4n) is 2.86. The molecule has 0 spiro atoms. The summed E-state index contributed by atoms with van der Waals surface area (Å²) in [6, 6.07) is 19.4. The molecule has 1 aromatic carbocycles. The van der Waals surface area contributed by atoms with Crippen LogP contribution in [0.3, 0.4) is 0 Å². The van der Waals surface area contributed by atoms with E-state index in [0.29, 0.717) is 6.54 Å². The molecule has 3 heterocycles. The molecular formula is C20H18N4O. The number of pyridine rings is 2. The van der Waals surface area contributed by atoms with Gasteiger partial charge in [-0.05, 0) is 29.8 Å². The largest absolute Gasteiger partial charge is 0.387 e. The third-order valence-corrected chi connectivity index (χ3v) is 4.15. The standard InChI is InChI=1S/C20H18N4O/c25-18(14-5-2-1-3-6-14)13-23-19-8-4-7-17(24-19)15-9-11-21-20-16(15)10-12-22-20/h1-12,18,25H,13H2,(H,21,22)(H,23,24). The highest BCUT2D eigenvalue weighted by Gasteiger charge is 2.09. The van der Waals surface area contributed by atoms with E-state index in [0.717, 1.165) is 33.7 Å². The van der Waals surface area contributed by atoms with Gasteiger partial charge in [0.15, 0.2) is 0 Å². The first kappa shape index (κ1) is 15.4. The summed E-state index contributed by atoms with van der Waals surface area (Å²) in [6.07, 6.45) is 3.07. The molecule has 4 rings (SSSR count). The second kappa shape index (κ2) is 6.75. The molecule has 4 aromatic rings. The first-order valence-corrected chi connectivity index (χ1v) is 8.18. The van der Waals surface area contributed by atoms with Gasteiger partial charge in [-0.2, -0.15) is 0 Å². The van der Waals surface area contributed by atoms with E-state index in [4.69, 9.17) is 0 Å². The fraction of sp³-hybridized carbons (Fsp3) is 0.100. The molecule has 0 saturated heterocycles. The van der Waals surface area contributed by atoms with Crippen LogP contribution in [0.5, 0.6) is 0 Å². The Kier molecular flexibility index (Phi) is 4.14. The number of aliphatic hydroxyl groups is 1. The highest BCUT2D eigenvalue weighted by Crippen LogP contribution is 2.26. The van der Waals surface area contributed by atoms with Crippen LogP contribution in [0.4, 0.5) is 5.82 Å². The highest BCUT2D eigenvalue weighted by atomic mass is 16.3. The van der Waals surface area contributed by atoms with Crippen molar-refractivity contribution in [2.75, 3.05) is 11.9 Å². The van der Waals surface area contributed by atoms with Gasteiger partial charge in [-0.15, -0.1) is 0 Å². The molecule has 25 heavy (non-hydrogen) atoms. The van der Waals surface area contributed by atoms with Gasteiger partial charge in [-0.1, -0.05) is 36.4 Å². The van der Waals surface area contributed by atoms with Crippen molar-refractivity contribution in [2.24, 2.45) is 0 Å². The van der Waals surface area contributed by atoms with Crippen LogP contribution in [0.25, 0.3) is 22.3 Å². The maximum atomic E-state index is 10.3. The third kappa shape index (κ3) is 3.22. The average Bonchev–Trinajstić information content (AvgIpc) is 3.16. The van der Waals surface area contributed by atoms with E-state index < -0.39 is 6.10 Å². The van der Waals surface area contributed by atoms with Crippen LogP contribution in [-0.2, 0) is 0 Å². The van der Waals surface area contributed by atoms with Gasteiger partial charge in [0.05, 0.1) is 11.8 Å². The van der Waals surface area contributed by atoms with Crippen LogP contribution < -0.4 is 5.32 Å². The molecule has 0 radical (unpaired) electrons. The van der Waals surface area contributed by atoms with Gasteiger partial charge >= 0.3 is 0 Å². The Morgan fingerprint density at radius 3 is 2.76 bits per heavy atom. The van der Waals surface area contributed by atoms with Crippen molar-refractivity contribution < 1.29 is 5.11 Å². The minimum absolute atomic E-state index is 0.399. The van der Waals surface area contributed by atoms with Gasteiger partial charge in [0.1, 0.15) is 11.5 Å². The van der Waals surface area contributed by atoms with E-state index in [1.165, 1.54) is 0 Å². The minimum Gasteiger partial charge on any atom is -0.387 e. The molecule has 0 saturated carbocycles. The van der Waals surface area contributed by atoms with E-state index in [1.807, 2.05) is 66.9 Å². The average molecular weight is 330 g/mol. The van der Waals surface area contributed by atoms with E-state index in [9.17, 15) is 5.11 Å². The summed E-state index contributed by atoms with van der Waals surface area (Å²) in [7, 11) is 0. The smallest absolute Gasteiger partial charge is 0.137 e. The molecule has 5 nitrogen and oxygen atoms in total. The van der Waals surface area contributed by atoms with Crippen molar-refractivity contribution in [1.82, 2.24) is 15.0 Å². The maximum absolute atomic E-state index is 10.3. The Morgan fingerprint density at radius 1 is 1.00 bits per heavy atom. The summed E-state index contributed by atoms with van der Waals surface area (Å²) < 4.78 is 0. The normalized spacial score (nSPS) is 12.2. The van der Waals surface area contributed by atoms with Gasteiger partial charge in [0, 0.05) is 29.9 Å². The molecule has 124 valence electrons. The summed E-state index contributed by atoms with van der Waals surface area (Å²) in [5.74, 6) is 0.730. The molecule has 3 N–H and O–H groups in total.